The van der Waals surface area contributed by atoms with Crippen LogP contribution < -0.4 is 19.1 Å². The number of methoxy groups -OCH3 is 2. The third-order valence-corrected chi connectivity index (χ3v) is 9.26. The Morgan fingerprint density at radius 1 is 0.860 bits per heavy atom. The number of nitrogens with one attached hydrogen (secondary N) is 1. The van der Waals surface area contributed by atoms with Gasteiger partial charge in [-0.25, -0.2) is 8.42 Å². The van der Waals surface area contributed by atoms with Gasteiger partial charge < -0.3 is 19.7 Å². The Balaban J connectivity index is 2.09. The van der Waals surface area contributed by atoms with Crippen molar-refractivity contribution >= 4 is 50.7 Å². The lowest BCUT2D eigenvalue weighted by Gasteiger charge is -2.33. The molecule has 0 aliphatic heterocycles. The number of halogens is 2. The van der Waals surface area contributed by atoms with E-state index in [1.165, 1.54) is 49.5 Å². The number of nitrogens with zero attached hydrogens (tertiary/aromatic N) is 2. The molecule has 2 atom stereocenters. The van der Waals surface area contributed by atoms with Crippen molar-refractivity contribution in [1.82, 2.24) is 10.2 Å². The SMILES string of the molecule is CC[C@H](C(=O)N[C@@H](C)CC)N(Cc1ccc(Cl)cc1)C(=O)CN(c1ccc(Cl)cc1)S(=O)(=O)c1ccc(OC)c(OC)c1. The number of ether oxygens (including phenoxy) is 2. The molecular formula is C31H37Cl2N3O6S. The molecule has 3 rings (SSSR count). The molecule has 1 N–H and O–H groups in total. The average molecular weight is 651 g/mol. The second kappa shape index (κ2) is 15.3. The minimum absolute atomic E-state index is 0.0628. The molecule has 0 spiro atoms. The molecule has 0 aromatic heterocycles. The number of anilines is 1. The van der Waals surface area contributed by atoms with Crippen LogP contribution >= 0.6 is 23.2 Å². The smallest absolute Gasteiger partial charge is 0.264 e. The zero-order valence-electron chi connectivity index (χ0n) is 24.8. The van der Waals surface area contributed by atoms with E-state index >= 15 is 0 Å². The van der Waals surface area contributed by atoms with Crippen molar-refractivity contribution in [3.63, 3.8) is 0 Å². The Morgan fingerprint density at radius 3 is 1.98 bits per heavy atom. The van der Waals surface area contributed by atoms with Gasteiger partial charge >= 0.3 is 0 Å². The van der Waals surface area contributed by atoms with Gasteiger partial charge in [0.25, 0.3) is 10.0 Å². The van der Waals surface area contributed by atoms with E-state index in [2.05, 4.69) is 5.32 Å². The lowest BCUT2D eigenvalue weighted by molar-refractivity contribution is -0.140. The van der Waals surface area contributed by atoms with Gasteiger partial charge in [0.1, 0.15) is 12.6 Å². The molecule has 0 saturated carbocycles. The zero-order valence-corrected chi connectivity index (χ0v) is 27.2. The predicted octanol–water partition coefficient (Wildman–Crippen LogP) is 5.93. The van der Waals surface area contributed by atoms with Gasteiger partial charge in [-0.05, 0) is 73.9 Å². The first-order valence-corrected chi connectivity index (χ1v) is 16.0. The summed E-state index contributed by atoms with van der Waals surface area (Å²) >= 11 is 12.2. The van der Waals surface area contributed by atoms with Gasteiger partial charge in [-0.1, -0.05) is 49.2 Å². The lowest BCUT2D eigenvalue weighted by Crippen LogP contribution is -2.53. The van der Waals surface area contributed by atoms with E-state index in [-0.39, 0.29) is 34.8 Å². The maximum absolute atomic E-state index is 14.2. The maximum atomic E-state index is 14.2. The third kappa shape index (κ3) is 8.55. The van der Waals surface area contributed by atoms with Crippen LogP contribution in [0.5, 0.6) is 11.5 Å². The first kappa shape index (κ1) is 34.0. The van der Waals surface area contributed by atoms with Crippen LogP contribution in [0.4, 0.5) is 5.69 Å². The number of sulfonamides is 1. The number of carbonyl (C=O) groups is 2. The number of benzene rings is 3. The predicted molar refractivity (Wildman–Crippen MR) is 170 cm³/mol. The number of hydrogen-bond acceptors (Lipinski definition) is 6. The fourth-order valence-electron chi connectivity index (χ4n) is 4.39. The summed E-state index contributed by atoms with van der Waals surface area (Å²) in [6.45, 7) is 5.12. The molecule has 0 aliphatic rings. The highest BCUT2D eigenvalue weighted by Crippen LogP contribution is 2.33. The number of rotatable bonds is 14. The highest BCUT2D eigenvalue weighted by Gasteiger charge is 2.34. The molecule has 0 fully saturated rings. The molecule has 9 nitrogen and oxygen atoms in total. The molecule has 2 amide bonds. The highest BCUT2D eigenvalue weighted by molar-refractivity contribution is 7.92. The molecule has 232 valence electrons. The molecule has 0 heterocycles. The second-order valence-electron chi connectivity index (χ2n) is 9.89. The van der Waals surface area contributed by atoms with Crippen LogP contribution in [0.15, 0.2) is 71.6 Å². The first-order chi connectivity index (χ1) is 20.4. The molecule has 12 heteroatoms. The van der Waals surface area contributed by atoms with Gasteiger partial charge in [-0.3, -0.25) is 13.9 Å². The Bertz CT molecular complexity index is 1500. The summed E-state index contributed by atoms with van der Waals surface area (Å²) < 4.78 is 39.8. The van der Waals surface area contributed by atoms with Crippen molar-refractivity contribution < 1.29 is 27.5 Å². The molecule has 0 aliphatic carbocycles. The third-order valence-electron chi connectivity index (χ3n) is 6.99. The van der Waals surface area contributed by atoms with Gasteiger partial charge in [0.15, 0.2) is 11.5 Å². The van der Waals surface area contributed by atoms with Crippen LogP contribution in [0.3, 0.4) is 0 Å². The summed E-state index contributed by atoms with van der Waals surface area (Å²) in [6.07, 6.45) is 1.02. The molecular weight excluding hydrogens is 613 g/mol. The van der Waals surface area contributed by atoms with Gasteiger partial charge in [-0.15, -0.1) is 0 Å². The summed E-state index contributed by atoms with van der Waals surface area (Å²) in [5.41, 5.74) is 0.949. The van der Waals surface area contributed by atoms with Crippen molar-refractivity contribution in [2.24, 2.45) is 0 Å². The molecule has 3 aromatic carbocycles. The molecule has 43 heavy (non-hydrogen) atoms. The molecule has 0 radical (unpaired) electrons. The quantitative estimate of drug-likeness (QED) is 0.232. The van der Waals surface area contributed by atoms with Crippen LogP contribution in [0, 0.1) is 0 Å². The van der Waals surface area contributed by atoms with Gasteiger partial charge in [0.05, 0.1) is 24.8 Å². The van der Waals surface area contributed by atoms with E-state index in [1.807, 2.05) is 13.8 Å². The fraction of sp³-hybridized carbons (Fsp3) is 0.355. The van der Waals surface area contributed by atoms with E-state index in [1.54, 1.807) is 43.3 Å². The molecule has 3 aromatic rings. The first-order valence-electron chi connectivity index (χ1n) is 13.8. The van der Waals surface area contributed by atoms with Crippen molar-refractivity contribution in [2.45, 2.75) is 57.1 Å². The standard InChI is InChI=1S/C31H37Cl2N3O6S/c1-6-21(3)34-31(38)27(7-2)35(19-22-8-10-23(32)11-9-22)30(37)20-36(25-14-12-24(33)13-15-25)43(39,40)26-16-17-28(41-4)29(18-26)42-5/h8-18,21,27H,6-7,19-20H2,1-5H3,(H,34,38)/t21-,27+/m0/s1. The summed E-state index contributed by atoms with van der Waals surface area (Å²) in [4.78, 5) is 28.8. The van der Waals surface area contributed by atoms with Gasteiger partial charge in [-0.2, -0.15) is 0 Å². The molecule has 0 unspecified atom stereocenters. The Kier molecular flexibility index (Phi) is 12.1. The summed E-state index contributed by atoms with van der Waals surface area (Å²) in [5.74, 6) is -0.328. The number of carbonyl (C=O) groups excluding carboxylic acids is 2. The van der Waals surface area contributed by atoms with E-state index in [0.29, 0.717) is 28.6 Å². The Morgan fingerprint density at radius 2 is 1.44 bits per heavy atom. The van der Waals surface area contributed by atoms with Crippen molar-refractivity contribution in [3.8, 4) is 11.5 Å². The van der Waals surface area contributed by atoms with Crippen LogP contribution in [0.2, 0.25) is 10.0 Å². The average Bonchev–Trinajstić information content (AvgIpc) is 3.00. The second-order valence-corrected chi connectivity index (χ2v) is 12.6. The van der Waals surface area contributed by atoms with Crippen molar-refractivity contribution in [2.75, 3.05) is 25.1 Å². The Hall–Kier alpha value is -3.47. The van der Waals surface area contributed by atoms with Crippen LogP contribution in [-0.2, 0) is 26.2 Å². The largest absolute Gasteiger partial charge is 0.493 e. The Labute approximate surface area is 263 Å². The monoisotopic (exact) mass is 649 g/mol. The minimum atomic E-state index is -4.32. The molecule has 0 bridgehead atoms. The topological polar surface area (TPSA) is 105 Å². The van der Waals surface area contributed by atoms with E-state index < -0.39 is 28.5 Å². The number of amides is 2. The lowest BCUT2D eigenvalue weighted by atomic mass is 10.1. The summed E-state index contributed by atoms with van der Waals surface area (Å²) in [7, 11) is -1.47. The highest BCUT2D eigenvalue weighted by atomic mass is 35.5. The summed E-state index contributed by atoms with van der Waals surface area (Å²) in [6, 6.07) is 16.3. The van der Waals surface area contributed by atoms with Gasteiger partial charge in [0, 0.05) is 28.7 Å². The minimum Gasteiger partial charge on any atom is -0.493 e. The fourth-order valence-corrected chi connectivity index (χ4v) is 6.07. The van der Waals surface area contributed by atoms with Crippen molar-refractivity contribution in [1.29, 1.82) is 0 Å². The maximum Gasteiger partial charge on any atom is 0.264 e. The number of hydrogen-bond donors (Lipinski definition) is 1. The molecule has 0 saturated heterocycles. The van der Waals surface area contributed by atoms with Gasteiger partial charge in [0.2, 0.25) is 11.8 Å². The van der Waals surface area contributed by atoms with E-state index in [0.717, 1.165) is 9.87 Å². The van der Waals surface area contributed by atoms with Crippen LogP contribution in [0.25, 0.3) is 0 Å². The van der Waals surface area contributed by atoms with Crippen LogP contribution in [-0.4, -0.2) is 58.0 Å². The van der Waals surface area contributed by atoms with E-state index in [4.69, 9.17) is 32.7 Å². The zero-order chi connectivity index (χ0) is 31.7. The summed E-state index contributed by atoms with van der Waals surface area (Å²) in [5, 5.41) is 3.88. The van der Waals surface area contributed by atoms with E-state index in [9.17, 15) is 18.0 Å². The van der Waals surface area contributed by atoms with Crippen molar-refractivity contribution in [3.05, 3.63) is 82.3 Å². The normalized spacial score (nSPS) is 12.6. The van der Waals surface area contributed by atoms with Crippen LogP contribution in [0.1, 0.15) is 39.2 Å².